The van der Waals surface area contributed by atoms with Crippen LogP contribution in [0.15, 0.2) is 18.2 Å². The first-order valence-electron chi connectivity index (χ1n) is 6.59. The van der Waals surface area contributed by atoms with Gasteiger partial charge in [-0.3, -0.25) is 0 Å². The van der Waals surface area contributed by atoms with Crippen molar-refractivity contribution in [3.63, 3.8) is 0 Å². The second kappa shape index (κ2) is 8.54. The van der Waals surface area contributed by atoms with Gasteiger partial charge in [0.25, 0.3) is 0 Å². The van der Waals surface area contributed by atoms with Crippen molar-refractivity contribution >= 4 is 0 Å². The Morgan fingerprint density at radius 1 is 1.28 bits per heavy atom. The van der Waals surface area contributed by atoms with Crippen LogP contribution in [-0.2, 0) is 6.54 Å². The van der Waals surface area contributed by atoms with Gasteiger partial charge in [0.15, 0.2) is 0 Å². The van der Waals surface area contributed by atoms with Crippen molar-refractivity contribution in [1.82, 2.24) is 5.32 Å². The lowest BCUT2D eigenvalue weighted by atomic mass is 10.1. The van der Waals surface area contributed by atoms with Crippen molar-refractivity contribution < 1.29 is 4.74 Å². The maximum absolute atomic E-state index is 8.88. The van der Waals surface area contributed by atoms with Crippen LogP contribution in [0.3, 0.4) is 0 Å². The molecule has 0 spiro atoms. The SMILES string of the molecule is CCCCCCNCc1cc(C#N)ccc1OC. The van der Waals surface area contributed by atoms with Crippen LogP contribution in [0.25, 0.3) is 0 Å². The molecule has 0 aliphatic carbocycles. The summed E-state index contributed by atoms with van der Waals surface area (Å²) in [5, 5.41) is 12.3. The summed E-state index contributed by atoms with van der Waals surface area (Å²) in [6, 6.07) is 7.68. The molecule has 0 aliphatic rings. The molecule has 1 aromatic rings. The topological polar surface area (TPSA) is 45.0 Å². The monoisotopic (exact) mass is 246 g/mol. The number of nitrogens with one attached hydrogen (secondary N) is 1. The number of unbranched alkanes of at least 4 members (excludes halogenated alkanes) is 3. The highest BCUT2D eigenvalue weighted by Crippen LogP contribution is 2.19. The van der Waals surface area contributed by atoms with Gasteiger partial charge in [0.1, 0.15) is 5.75 Å². The normalized spacial score (nSPS) is 10.1. The maximum atomic E-state index is 8.88. The van der Waals surface area contributed by atoms with Crippen molar-refractivity contribution in [2.45, 2.75) is 39.2 Å². The van der Waals surface area contributed by atoms with E-state index in [1.807, 2.05) is 12.1 Å². The average molecular weight is 246 g/mol. The Bertz CT molecular complexity index is 396. The molecule has 0 atom stereocenters. The van der Waals surface area contributed by atoms with Crippen LogP contribution in [0.2, 0.25) is 0 Å². The van der Waals surface area contributed by atoms with Crippen LogP contribution in [0.1, 0.15) is 43.7 Å². The summed E-state index contributed by atoms with van der Waals surface area (Å²) in [6.45, 7) is 3.98. The number of rotatable bonds is 8. The van der Waals surface area contributed by atoms with Crippen molar-refractivity contribution in [3.8, 4) is 11.8 Å². The molecule has 3 heteroatoms. The molecule has 0 fully saturated rings. The second-order valence-corrected chi connectivity index (χ2v) is 4.38. The van der Waals surface area contributed by atoms with Gasteiger partial charge < -0.3 is 10.1 Å². The van der Waals surface area contributed by atoms with Crippen molar-refractivity contribution in [2.24, 2.45) is 0 Å². The predicted molar refractivity (Wildman–Crippen MR) is 73.6 cm³/mol. The standard InChI is InChI=1S/C15H22N2O/c1-3-4-5-6-9-17-12-14-10-13(11-16)7-8-15(14)18-2/h7-8,10,17H,3-6,9,12H2,1-2H3. The third kappa shape index (κ3) is 4.77. The van der Waals surface area contributed by atoms with Gasteiger partial charge in [-0.2, -0.15) is 5.26 Å². The molecule has 0 heterocycles. The van der Waals surface area contributed by atoms with Crippen LogP contribution in [0.4, 0.5) is 0 Å². The van der Waals surface area contributed by atoms with E-state index in [0.29, 0.717) is 5.56 Å². The van der Waals surface area contributed by atoms with Crippen molar-refractivity contribution in [1.29, 1.82) is 5.26 Å². The maximum Gasteiger partial charge on any atom is 0.123 e. The minimum Gasteiger partial charge on any atom is -0.496 e. The Balaban J connectivity index is 2.43. The van der Waals surface area contributed by atoms with Crippen LogP contribution < -0.4 is 10.1 Å². The van der Waals surface area contributed by atoms with Gasteiger partial charge in [0.05, 0.1) is 18.7 Å². The van der Waals surface area contributed by atoms with Crippen LogP contribution in [0.5, 0.6) is 5.75 Å². The molecular formula is C15H22N2O. The molecular weight excluding hydrogens is 224 g/mol. The van der Waals surface area contributed by atoms with Gasteiger partial charge in [-0.05, 0) is 31.2 Å². The molecule has 0 aromatic heterocycles. The minimum atomic E-state index is 0.679. The minimum absolute atomic E-state index is 0.679. The highest BCUT2D eigenvalue weighted by atomic mass is 16.5. The predicted octanol–water partition coefficient (Wildman–Crippen LogP) is 3.24. The Kier molecular flexibility index (Phi) is 6.90. The molecule has 0 radical (unpaired) electrons. The number of ether oxygens (including phenoxy) is 1. The van der Waals surface area contributed by atoms with Crippen LogP contribution >= 0.6 is 0 Å². The second-order valence-electron chi connectivity index (χ2n) is 4.38. The summed E-state index contributed by atoms with van der Waals surface area (Å²) in [4.78, 5) is 0. The zero-order chi connectivity index (χ0) is 13.2. The first kappa shape index (κ1) is 14.5. The third-order valence-electron chi connectivity index (χ3n) is 2.93. The summed E-state index contributed by atoms with van der Waals surface area (Å²) < 4.78 is 5.29. The smallest absolute Gasteiger partial charge is 0.123 e. The van der Waals surface area contributed by atoms with Gasteiger partial charge in [0, 0.05) is 12.1 Å². The summed E-state index contributed by atoms with van der Waals surface area (Å²) in [5.74, 6) is 0.843. The molecule has 0 saturated heterocycles. The van der Waals surface area contributed by atoms with E-state index in [0.717, 1.165) is 24.4 Å². The Labute approximate surface area is 110 Å². The lowest BCUT2D eigenvalue weighted by Gasteiger charge is -2.10. The van der Waals surface area contributed by atoms with Gasteiger partial charge in [-0.25, -0.2) is 0 Å². The van der Waals surface area contributed by atoms with E-state index in [-0.39, 0.29) is 0 Å². The van der Waals surface area contributed by atoms with E-state index in [2.05, 4.69) is 18.3 Å². The Hall–Kier alpha value is -1.53. The molecule has 18 heavy (non-hydrogen) atoms. The summed E-state index contributed by atoms with van der Waals surface area (Å²) in [5.41, 5.74) is 1.73. The Morgan fingerprint density at radius 3 is 2.78 bits per heavy atom. The number of hydrogen-bond donors (Lipinski definition) is 1. The molecule has 3 nitrogen and oxygen atoms in total. The highest BCUT2D eigenvalue weighted by Gasteiger charge is 2.03. The van der Waals surface area contributed by atoms with Gasteiger partial charge in [-0.1, -0.05) is 26.2 Å². The van der Waals surface area contributed by atoms with E-state index in [9.17, 15) is 0 Å². The van der Waals surface area contributed by atoms with Crippen LogP contribution in [-0.4, -0.2) is 13.7 Å². The molecule has 0 amide bonds. The highest BCUT2D eigenvalue weighted by molar-refractivity contribution is 5.41. The summed E-state index contributed by atoms with van der Waals surface area (Å²) >= 11 is 0. The Morgan fingerprint density at radius 2 is 2.11 bits per heavy atom. The van der Waals surface area contributed by atoms with E-state index in [4.69, 9.17) is 10.00 Å². The van der Waals surface area contributed by atoms with Gasteiger partial charge >= 0.3 is 0 Å². The van der Waals surface area contributed by atoms with Crippen molar-refractivity contribution in [2.75, 3.05) is 13.7 Å². The van der Waals surface area contributed by atoms with E-state index < -0.39 is 0 Å². The first-order chi connectivity index (χ1) is 8.81. The molecule has 1 aromatic carbocycles. The number of benzene rings is 1. The van der Waals surface area contributed by atoms with Gasteiger partial charge in [-0.15, -0.1) is 0 Å². The van der Waals surface area contributed by atoms with E-state index >= 15 is 0 Å². The average Bonchev–Trinajstić information content (AvgIpc) is 2.42. The fourth-order valence-corrected chi connectivity index (χ4v) is 1.89. The van der Waals surface area contributed by atoms with E-state index in [1.165, 1.54) is 25.7 Å². The number of nitriles is 1. The zero-order valence-electron chi connectivity index (χ0n) is 11.3. The summed E-state index contributed by atoms with van der Waals surface area (Å²) in [6.07, 6.45) is 5.04. The molecule has 0 unspecified atom stereocenters. The van der Waals surface area contributed by atoms with Crippen molar-refractivity contribution in [3.05, 3.63) is 29.3 Å². The molecule has 98 valence electrons. The number of nitrogens with zero attached hydrogens (tertiary/aromatic N) is 1. The lowest BCUT2D eigenvalue weighted by Crippen LogP contribution is -2.15. The molecule has 1 rings (SSSR count). The van der Waals surface area contributed by atoms with E-state index in [1.54, 1.807) is 13.2 Å². The zero-order valence-corrected chi connectivity index (χ0v) is 11.3. The number of hydrogen-bond acceptors (Lipinski definition) is 3. The largest absolute Gasteiger partial charge is 0.496 e. The first-order valence-corrected chi connectivity index (χ1v) is 6.59. The quantitative estimate of drug-likeness (QED) is 0.716. The van der Waals surface area contributed by atoms with Gasteiger partial charge in [0.2, 0.25) is 0 Å². The molecule has 0 bridgehead atoms. The molecule has 0 saturated carbocycles. The fourth-order valence-electron chi connectivity index (χ4n) is 1.89. The van der Waals surface area contributed by atoms with Crippen LogP contribution in [0, 0.1) is 11.3 Å². The fraction of sp³-hybridized carbons (Fsp3) is 0.533. The molecule has 0 aliphatic heterocycles. The summed E-state index contributed by atoms with van der Waals surface area (Å²) in [7, 11) is 1.66. The number of methoxy groups -OCH3 is 1. The molecule has 1 N–H and O–H groups in total. The third-order valence-corrected chi connectivity index (χ3v) is 2.93. The lowest BCUT2D eigenvalue weighted by molar-refractivity contribution is 0.407.